The Kier molecular flexibility index (Phi) is 3.55. The molecule has 0 amide bonds. The van der Waals surface area contributed by atoms with Crippen LogP contribution in [-0.4, -0.2) is 30.5 Å². The molecule has 0 aromatic carbocycles. The monoisotopic (exact) mass is 197 g/mol. The molecule has 0 spiro atoms. The second-order valence-electron chi connectivity index (χ2n) is 3.39. The molecular weight excluding hydrogens is 183 g/mol. The molecule has 1 saturated heterocycles. The summed E-state index contributed by atoms with van der Waals surface area (Å²) in [5.74, 6) is -0.459. The third kappa shape index (κ3) is 2.84. The van der Waals surface area contributed by atoms with E-state index in [2.05, 4.69) is 5.32 Å². The number of aliphatic hydroxyl groups excluding tert-OH is 1. The van der Waals surface area contributed by atoms with E-state index >= 15 is 0 Å². The molecule has 0 aromatic heterocycles. The Morgan fingerprint density at radius 1 is 1.38 bits per heavy atom. The highest BCUT2D eigenvalue weighted by atomic mass is 19.4. The molecular formula is C8H14F3NO. The topological polar surface area (TPSA) is 32.3 Å². The van der Waals surface area contributed by atoms with Gasteiger partial charge in [0.1, 0.15) is 6.04 Å². The van der Waals surface area contributed by atoms with Crippen LogP contribution < -0.4 is 5.32 Å². The Hall–Kier alpha value is -0.290. The van der Waals surface area contributed by atoms with E-state index in [0.29, 0.717) is 13.0 Å². The molecule has 0 aliphatic carbocycles. The predicted octanol–water partition coefficient (Wildman–Crippen LogP) is 1.30. The zero-order valence-corrected chi connectivity index (χ0v) is 7.27. The van der Waals surface area contributed by atoms with Crippen LogP contribution in [0.25, 0.3) is 0 Å². The van der Waals surface area contributed by atoms with Crippen molar-refractivity contribution in [2.24, 2.45) is 5.92 Å². The summed E-state index contributed by atoms with van der Waals surface area (Å²) in [6.07, 6.45) is -2.63. The highest BCUT2D eigenvalue weighted by Crippen LogP contribution is 2.32. The van der Waals surface area contributed by atoms with Crippen LogP contribution in [0.1, 0.15) is 19.3 Å². The number of nitrogens with one attached hydrogen (secondary N) is 1. The van der Waals surface area contributed by atoms with E-state index in [4.69, 9.17) is 5.11 Å². The van der Waals surface area contributed by atoms with Gasteiger partial charge in [-0.2, -0.15) is 13.2 Å². The van der Waals surface area contributed by atoms with Gasteiger partial charge in [-0.15, -0.1) is 0 Å². The molecule has 0 bridgehead atoms. The van der Waals surface area contributed by atoms with E-state index in [1.165, 1.54) is 0 Å². The Bertz CT molecular complexity index is 158. The summed E-state index contributed by atoms with van der Waals surface area (Å²) >= 11 is 0. The maximum absolute atomic E-state index is 12.4. The molecule has 0 saturated carbocycles. The number of hydrogen-bond acceptors (Lipinski definition) is 2. The van der Waals surface area contributed by atoms with Crippen LogP contribution in [0.3, 0.4) is 0 Å². The first-order chi connectivity index (χ1) is 6.05. The van der Waals surface area contributed by atoms with Crippen molar-refractivity contribution in [3.05, 3.63) is 0 Å². The van der Waals surface area contributed by atoms with Crippen molar-refractivity contribution in [2.45, 2.75) is 31.5 Å². The number of alkyl halides is 3. The number of aliphatic hydroxyl groups is 1. The molecule has 0 aromatic rings. The van der Waals surface area contributed by atoms with Crippen molar-refractivity contribution in [2.75, 3.05) is 13.2 Å². The molecule has 5 heteroatoms. The third-order valence-corrected chi connectivity index (χ3v) is 2.44. The minimum atomic E-state index is -4.18. The van der Waals surface area contributed by atoms with Crippen molar-refractivity contribution < 1.29 is 18.3 Å². The maximum Gasteiger partial charge on any atom is 0.404 e. The normalized spacial score (nSPS) is 30.5. The van der Waals surface area contributed by atoms with E-state index in [0.717, 1.165) is 6.42 Å². The molecule has 2 N–H and O–H groups in total. The summed E-state index contributed by atoms with van der Waals surface area (Å²) in [6, 6.07) is -1.42. The van der Waals surface area contributed by atoms with Crippen LogP contribution in [-0.2, 0) is 0 Å². The molecule has 1 rings (SSSR count). The van der Waals surface area contributed by atoms with Crippen LogP contribution >= 0.6 is 0 Å². The van der Waals surface area contributed by atoms with E-state index < -0.39 is 18.1 Å². The smallest absolute Gasteiger partial charge is 0.396 e. The summed E-state index contributed by atoms with van der Waals surface area (Å²) in [7, 11) is 0. The average Bonchev–Trinajstić information content (AvgIpc) is 2.04. The van der Waals surface area contributed by atoms with Gasteiger partial charge in [-0.25, -0.2) is 0 Å². The van der Waals surface area contributed by atoms with Crippen LogP contribution in [0.5, 0.6) is 0 Å². The summed E-state index contributed by atoms with van der Waals surface area (Å²) in [4.78, 5) is 0. The van der Waals surface area contributed by atoms with E-state index in [1.54, 1.807) is 0 Å². The summed E-state index contributed by atoms with van der Waals surface area (Å²) in [6.45, 7) is 0.255. The molecule has 1 aliphatic heterocycles. The number of piperidine rings is 1. The van der Waals surface area contributed by atoms with Crippen LogP contribution in [0.15, 0.2) is 0 Å². The molecule has 1 aliphatic rings. The van der Waals surface area contributed by atoms with Crippen molar-refractivity contribution in [1.29, 1.82) is 0 Å². The molecule has 2 atom stereocenters. The van der Waals surface area contributed by atoms with Crippen molar-refractivity contribution in [3.63, 3.8) is 0 Å². The quantitative estimate of drug-likeness (QED) is 0.699. The number of hydrogen-bond donors (Lipinski definition) is 2. The third-order valence-electron chi connectivity index (χ3n) is 2.44. The standard InChI is InChI=1S/C8H14F3NO/c9-8(10,11)7-6(3-5-13)2-1-4-12-7/h6-7,12-13H,1-5H2/t6-,7+/m1/s1. The Balaban J connectivity index is 2.56. The second-order valence-corrected chi connectivity index (χ2v) is 3.39. The second kappa shape index (κ2) is 4.28. The van der Waals surface area contributed by atoms with Crippen molar-refractivity contribution in [1.82, 2.24) is 5.32 Å². The molecule has 13 heavy (non-hydrogen) atoms. The first-order valence-electron chi connectivity index (χ1n) is 4.46. The van der Waals surface area contributed by atoms with Gasteiger partial charge in [0.15, 0.2) is 0 Å². The lowest BCUT2D eigenvalue weighted by atomic mass is 9.88. The Labute approximate surface area is 75.1 Å². The van der Waals surface area contributed by atoms with Gasteiger partial charge in [0.2, 0.25) is 0 Å². The number of rotatable bonds is 2. The fraction of sp³-hybridized carbons (Fsp3) is 1.00. The van der Waals surface area contributed by atoms with E-state index in [9.17, 15) is 13.2 Å². The molecule has 78 valence electrons. The van der Waals surface area contributed by atoms with Gasteiger partial charge in [-0.1, -0.05) is 0 Å². The largest absolute Gasteiger partial charge is 0.404 e. The van der Waals surface area contributed by atoms with Gasteiger partial charge in [0.05, 0.1) is 0 Å². The van der Waals surface area contributed by atoms with E-state index in [-0.39, 0.29) is 13.0 Å². The zero-order chi connectivity index (χ0) is 9.90. The van der Waals surface area contributed by atoms with Crippen LogP contribution in [0.4, 0.5) is 13.2 Å². The first kappa shape index (κ1) is 10.8. The van der Waals surface area contributed by atoms with Crippen molar-refractivity contribution in [3.8, 4) is 0 Å². The fourth-order valence-corrected chi connectivity index (χ4v) is 1.81. The Morgan fingerprint density at radius 3 is 2.62 bits per heavy atom. The molecule has 2 nitrogen and oxygen atoms in total. The lowest BCUT2D eigenvalue weighted by Gasteiger charge is -2.33. The Morgan fingerprint density at radius 2 is 2.08 bits per heavy atom. The summed E-state index contributed by atoms with van der Waals surface area (Å²) in [5.41, 5.74) is 0. The molecule has 1 fully saturated rings. The van der Waals surface area contributed by atoms with Gasteiger partial charge in [0, 0.05) is 6.61 Å². The minimum Gasteiger partial charge on any atom is -0.396 e. The summed E-state index contributed by atoms with van der Waals surface area (Å²) in [5, 5.41) is 11.1. The maximum atomic E-state index is 12.4. The van der Waals surface area contributed by atoms with Crippen molar-refractivity contribution >= 4 is 0 Å². The van der Waals surface area contributed by atoms with Gasteiger partial charge >= 0.3 is 6.18 Å². The van der Waals surface area contributed by atoms with Gasteiger partial charge < -0.3 is 10.4 Å². The van der Waals surface area contributed by atoms with E-state index in [1.807, 2.05) is 0 Å². The molecule has 1 heterocycles. The van der Waals surface area contributed by atoms with Crippen LogP contribution in [0.2, 0.25) is 0 Å². The average molecular weight is 197 g/mol. The predicted molar refractivity (Wildman–Crippen MR) is 42.3 cm³/mol. The summed E-state index contributed by atoms with van der Waals surface area (Å²) < 4.78 is 37.1. The molecule has 0 radical (unpaired) electrons. The highest BCUT2D eigenvalue weighted by Gasteiger charge is 2.45. The van der Waals surface area contributed by atoms with Gasteiger partial charge in [0.25, 0.3) is 0 Å². The fourth-order valence-electron chi connectivity index (χ4n) is 1.81. The van der Waals surface area contributed by atoms with Crippen LogP contribution in [0, 0.1) is 5.92 Å². The SMILES string of the molecule is OCC[C@H]1CCCN[C@@H]1C(F)(F)F. The highest BCUT2D eigenvalue weighted by molar-refractivity contribution is 4.86. The lowest BCUT2D eigenvalue weighted by molar-refractivity contribution is -0.173. The zero-order valence-electron chi connectivity index (χ0n) is 7.27. The van der Waals surface area contributed by atoms with Gasteiger partial charge in [-0.3, -0.25) is 0 Å². The first-order valence-corrected chi connectivity index (χ1v) is 4.46. The van der Waals surface area contributed by atoms with Gasteiger partial charge in [-0.05, 0) is 31.7 Å². The molecule has 0 unspecified atom stereocenters. The minimum absolute atomic E-state index is 0.168. The lowest BCUT2D eigenvalue weighted by Crippen LogP contribution is -2.51. The number of halogens is 3.